The van der Waals surface area contributed by atoms with Gasteiger partial charge in [-0.1, -0.05) is 18.2 Å². The fraction of sp³-hybridized carbons (Fsp3) is 0.500. The summed E-state index contributed by atoms with van der Waals surface area (Å²) in [4.78, 5) is 15.1. The summed E-state index contributed by atoms with van der Waals surface area (Å²) in [7, 11) is 0. The summed E-state index contributed by atoms with van der Waals surface area (Å²) in [6, 6.07) is -0.651. The third-order valence-electron chi connectivity index (χ3n) is 1.95. The van der Waals surface area contributed by atoms with Crippen molar-refractivity contribution in [2.24, 2.45) is 5.73 Å². The molecule has 0 aromatic heterocycles. The van der Waals surface area contributed by atoms with Crippen LogP contribution in [0.3, 0.4) is 0 Å². The number of nitrogens with two attached hydrogens (primary N) is 1. The Morgan fingerprint density at radius 2 is 2.43 bits per heavy atom. The van der Waals surface area contributed by atoms with Crippen LogP contribution in [0.2, 0.25) is 0 Å². The molecule has 1 rings (SSSR count). The second-order valence-electron chi connectivity index (χ2n) is 2.92. The highest BCUT2D eigenvalue weighted by Crippen LogP contribution is 2.16. The van der Waals surface area contributed by atoms with Gasteiger partial charge in [0.05, 0.1) is 6.61 Å². The van der Waals surface area contributed by atoms with Gasteiger partial charge in [-0.2, -0.15) is 5.48 Å². The standard InChI is InChI=1S/C8H13N3O3/c1-2-14-10-7-5-3-4-6-8(7,9)11(12)13/h3-7,10H,2,9H2,1H3. The van der Waals surface area contributed by atoms with Gasteiger partial charge in [-0.15, -0.1) is 0 Å². The van der Waals surface area contributed by atoms with Gasteiger partial charge in [0.1, 0.15) is 6.04 Å². The minimum atomic E-state index is -1.63. The highest BCUT2D eigenvalue weighted by atomic mass is 16.7. The molecule has 0 aromatic rings. The molecular weight excluding hydrogens is 186 g/mol. The lowest BCUT2D eigenvalue weighted by atomic mass is 9.98. The van der Waals surface area contributed by atoms with Gasteiger partial charge in [0, 0.05) is 11.0 Å². The van der Waals surface area contributed by atoms with Gasteiger partial charge in [-0.3, -0.25) is 15.8 Å². The maximum absolute atomic E-state index is 10.7. The Kier molecular flexibility index (Phi) is 3.34. The van der Waals surface area contributed by atoms with Gasteiger partial charge in [-0.25, -0.2) is 0 Å². The zero-order valence-electron chi connectivity index (χ0n) is 7.84. The lowest BCUT2D eigenvalue weighted by Gasteiger charge is -2.26. The average Bonchev–Trinajstić information content (AvgIpc) is 2.16. The van der Waals surface area contributed by atoms with Crippen LogP contribution in [-0.2, 0) is 4.84 Å². The number of rotatable bonds is 4. The van der Waals surface area contributed by atoms with E-state index in [0.29, 0.717) is 6.61 Å². The number of nitrogens with zero attached hydrogens (tertiary/aromatic N) is 1. The highest BCUT2D eigenvalue weighted by Gasteiger charge is 2.44. The zero-order valence-corrected chi connectivity index (χ0v) is 7.84. The van der Waals surface area contributed by atoms with Crippen LogP contribution >= 0.6 is 0 Å². The van der Waals surface area contributed by atoms with Crippen LogP contribution in [0.1, 0.15) is 6.92 Å². The van der Waals surface area contributed by atoms with Gasteiger partial charge < -0.3 is 4.84 Å². The van der Waals surface area contributed by atoms with E-state index >= 15 is 0 Å². The average molecular weight is 199 g/mol. The first-order chi connectivity index (χ1) is 6.61. The molecular formula is C8H13N3O3. The SMILES string of the molecule is CCONC1C=CC=CC1(N)[N+](=O)[O-]. The molecule has 3 N–H and O–H groups in total. The molecule has 0 heterocycles. The van der Waals surface area contributed by atoms with Crippen molar-refractivity contribution in [3.8, 4) is 0 Å². The molecule has 14 heavy (non-hydrogen) atoms. The molecule has 0 spiro atoms. The number of hydrogen-bond acceptors (Lipinski definition) is 5. The van der Waals surface area contributed by atoms with Crippen molar-refractivity contribution in [3.05, 3.63) is 34.4 Å². The summed E-state index contributed by atoms with van der Waals surface area (Å²) >= 11 is 0. The summed E-state index contributed by atoms with van der Waals surface area (Å²) < 4.78 is 0. The van der Waals surface area contributed by atoms with E-state index in [1.807, 2.05) is 0 Å². The molecule has 2 unspecified atom stereocenters. The molecule has 0 aliphatic heterocycles. The molecule has 0 saturated carbocycles. The van der Waals surface area contributed by atoms with Crippen LogP contribution in [0.5, 0.6) is 0 Å². The van der Waals surface area contributed by atoms with Gasteiger partial charge in [-0.05, 0) is 6.92 Å². The van der Waals surface area contributed by atoms with E-state index in [0.717, 1.165) is 0 Å². The first-order valence-corrected chi connectivity index (χ1v) is 4.28. The minimum absolute atomic E-state index is 0.419. The second kappa shape index (κ2) is 4.32. The van der Waals surface area contributed by atoms with Crippen molar-refractivity contribution in [2.45, 2.75) is 18.6 Å². The van der Waals surface area contributed by atoms with Crippen molar-refractivity contribution >= 4 is 0 Å². The topological polar surface area (TPSA) is 90.4 Å². The van der Waals surface area contributed by atoms with Crippen molar-refractivity contribution in [1.29, 1.82) is 0 Å². The third-order valence-corrected chi connectivity index (χ3v) is 1.95. The van der Waals surface area contributed by atoms with Crippen molar-refractivity contribution in [1.82, 2.24) is 5.48 Å². The number of nitrogens with one attached hydrogen (secondary N) is 1. The highest BCUT2D eigenvalue weighted by molar-refractivity contribution is 5.22. The van der Waals surface area contributed by atoms with Crippen LogP contribution in [-0.4, -0.2) is 23.2 Å². The van der Waals surface area contributed by atoms with Gasteiger partial charge in [0.2, 0.25) is 0 Å². The van der Waals surface area contributed by atoms with E-state index in [9.17, 15) is 10.1 Å². The molecule has 2 atom stereocenters. The van der Waals surface area contributed by atoms with E-state index in [2.05, 4.69) is 5.48 Å². The third kappa shape index (κ3) is 1.98. The van der Waals surface area contributed by atoms with E-state index in [1.54, 1.807) is 25.2 Å². The van der Waals surface area contributed by atoms with E-state index < -0.39 is 16.6 Å². The van der Waals surface area contributed by atoms with Gasteiger partial charge >= 0.3 is 5.66 Å². The molecule has 0 radical (unpaired) electrons. The Morgan fingerprint density at radius 1 is 1.71 bits per heavy atom. The van der Waals surface area contributed by atoms with Crippen molar-refractivity contribution in [2.75, 3.05) is 6.61 Å². The minimum Gasteiger partial charge on any atom is -0.301 e. The summed E-state index contributed by atoms with van der Waals surface area (Å²) in [6.45, 7) is 2.20. The maximum Gasteiger partial charge on any atom is 0.312 e. The summed E-state index contributed by atoms with van der Waals surface area (Å²) in [5.74, 6) is 0. The Labute approximate surface area is 81.5 Å². The number of nitro groups is 1. The smallest absolute Gasteiger partial charge is 0.301 e. The van der Waals surface area contributed by atoms with Crippen molar-refractivity contribution in [3.63, 3.8) is 0 Å². The first kappa shape index (κ1) is 10.8. The maximum atomic E-state index is 10.7. The predicted molar refractivity (Wildman–Crippen MR) is 50.7 cm³/mol. The predicted octanol–water partition coefficient (Wildman–Crippen LogP) is -0.0462. The fourth-order valence-electron chi connectivity index (χ4n) is 1.12. The molecule has 0 bridgehead atoms. The molecule has 78 valence electrons. The van der Waals surface area contributed by atoms with Crippen LogP contribution in [0.15, 0.2) is 24.3 Å². The molecule has 6 nitrogen and oxygen atoms in total. The fourth-order valence-corrected chi connectivity index (χ4v) is 1.12. The lowest BCUT2D eigenvalue weighted by Crippen LogP contribution is -2.60. The van der Waals surface area contributed by atoms with Gasteiger partial charge in [0.15, 0.2) is 0 Å². The molecule has 0 saturated heterocycles. The number of hydrogen-bond donors (Lipinski definition) is 2. The van der Waals surface area contributed by atoms with Crippen molar-refractivity contribution < 1.29 is 9.76 Å². The number of hydroxylamine groups is 1. The molecule has 6 heteroatoms. The molecule has 1 aliphatic carbocycles. The van der Waals surface area contributed by atoms with Crippen LogP contribution < -0.4 is 11.2 Å². The zero-order chi connectivity index (χ0) is 10.6. The van der Waals surface area contributed by atoms with E-state index in [-0.39, 0.29) is 0 Å². The van der Waals surface area contributed by atoms with E-state index in [1.165, 1.54) is 6.08 Å². The monoisotopic (exact) mass is 199 g/mol. The first-order valence-electron chi connectivity index (χ1n) is 4.28. The molecule has 0 aromatic carbocycles. The van der Waals surface area contributed by atoms with Gasteiger partial charge in [0.25, 0.3) is 0 Å². The Hall–Kier alpha value is -1.24. The normalized spacial score (nSPS) is 30.6. The lowest BCUT2D eigenvalue weighted by molar-refractivity contribution is -0.559. The van der Waals surface area contributed by atoms with Crippen LogP contribution in [0, 0.1) is 10.1 Å². The Bertz CT molecular complexity index is 277. The second-order valence-corrected chi connectivity index (χ2v) is 2.92. The summed E-state index contributed by atoms with van der Waals surface area (Å²) in [6.07, 6.45) is 6.17. The quantitative estimate of drug-likeness (QED) is 0.376. The Balaban J connectivity index is 2.76. The molecule has 1 aliphatic rings. The van der Waals surface area contributed by atoms with Crippen LogP contribution in [0.25, 0.3) is 0 Å². The number of allylic oxidation sites excluding steroid dienone is 2. The largest absolute Gasteiger partial charge is 0.312 e. The molecule has 0 fully saturated rings. The molecule has 0 amide bonds. The Morgan fingerprint density at radius 3 is 3.00 bits per heavy atom. The van der Waals surface area contributed by atoms with Crippen LogP contribution in [0.4, 0.5) is 0 Å². The summed E-state index contributed by atoms with van der Waals surface area (Å²) in [5.41, 5.74) is 6.51. The summed E-state index contributed by atoms with van der Waals surface area (Å²) in [5, 5.41) is 10.7. The van der Waals surface area contributed by atoms with E-state index in [4.69, 9.17) is 10.6 Å².